The van der Waals surface area contributed by atoms with Gasteiger partial charge in [-0.05, 0) is 80.1 Å². The van der Waals surface area contributed by atoms with Crippen LogP contribution in [0.2, 0.25) is 10.0 Å². The fraction of sp³-hybridized carbons (Fsp3) is 0.324. The van der Waals surface area contributed by atoms with E-state index >= 15 is 0 Å². The van der Waals surface area contributed by atoms with Gasteiger partial charge in [0.05, 0.1) is 11.5 Å². The van der Waals surface area contributed by atoms with Crippen LogP contribution in [0.5, 0.6) is 5.75 Å². The SMILES string of the molecule is CC(c1ncc[nH]1)N(CCc1ccc(Cl)cc1)C(=O)C1(Cc2ccccc2)CCN(C(=O)COc2ccc(Cl)cc2)CC1. The number of benzene rings is 3. The third kappa shape index (κ3) is 7.78. The van der Waals surface area contributed by atoms with Crippen molar-refractivity contribution in [1.82, 2.24) is 19.8 Å². The lowest BCUT2D eigenvalue weighted by Gasteiger charge is -2.44. The summed E-state index contributed by atoms with van der Waals surface area (Å²) < 4.78 is 5.72. The molecule has 43 heavy (non-hydrogen) atoms. The summed E-state index contributed by atoms with van der Waals surface area (Å²) in [6.45, 7) is 3.42. The first kappa shape index (κ1) is 30.6. The van der Waals surface area contributed by atoms with E-state index in [1.807, 2.05) is 54.3 Å². The number of aromatic amines is 1. The molecule has 4 aromatic rings. The van der Waals surface area contributed by atoms with Crippen molar-refractivity contribution < 1.29 is 14.3 Å². The smallest absolute Gasteiger partial charge is 0.260 e. The molecular weight excluding hydrogens is 583 g/mol. The molecule has 0 bridgehead atoms. The molecule has 2 amide bonds. The fourth-order valence-corrected chi connectivity index (χ4v) is 5.99. The number of rotatable bonds is 11. The Balaban J connectivity index is 1.35. The second-order valence-corrected chi connectivity index (χ2v) is 12.0. The predicted octanol–water partition coefficient (Wildman–Crippen LogP) is 6.78. The summed E-state index contributed by atoms with van der Waals surface area (Å²) in [6, 6.07) is 24.6. The molecule has 1 atom stereocenters. The zero-order valence-electron chi connectivity index (χ0n) is 24.2. The Morgan fingerprint density at radius 2 is 1.60 bits per heavy atom. The van der Waals surface area contributed by atoms with Crippen LogP contribution in [0, 0.1) is 5.41 Å². The van der Waals surface area contributed by atoms with Gasteiger partial charge >= 0.3 is 0 Å². The van der Waals surface area contributed by atoms with Gasteiger partial charge in [0.2, 0.25) is 5.91 Å². The highest BCUT2D eigenvalue weighted by Crippen LogP contribution is 2.39. The van der Waals surface area contributed by atoms with Crippen molar-refractivity contribution in [3.63, 3.8) is 0 Å². The van der Waals surface area contributed by atoms with Crippen LogP contribution in [0.1, 0.15) is 42.8 Å². The lowest BCUT2D eigenvalue weighted by atomic mass is 9.72. The summed E-state index contributed by atoms with van der Waals surface area (Å²) in [5.74, 6) is 1.32. The van der Waals surface area contributed by atoms with Gasteiger partial charge in [-0.2, -0.15) is 0 Å². The number of likely N-dealkylation sites (tertiary alicyclic amines) is 1. The van der Waals surface area contributed by atoms with Gasteiger partial charge in [0.15, 0.2) is 6.61 Å². The number of carbonyl (C=O) groups is 2. The van der Waals surface area contributed by atoms with Crippen LogP contribution >= 0.6 is 23.2 Å². The van der Waals surface area contributed by atoms with E-state index in [-0.39, 0.29) is 24.5 Å². The van der Waals surface area contributed by atoms with Gasteiger partial charge in [0.1, 0.15) is 11.6 Å². The average Bonchev–Trinajstić information content (AvgIpc) is 3.58. The number of hydrogen-bond acceptors (Lipinski definition) is 4. The number of carbonyl (C=O) groups excluding carboxylic acids is 2. The molecule has 1 aromatic heterocycles. The summed E-state index contributed by atoms with van der Waals surface area (Å²) in [6.07, 6.45) is 5.87. The fourth-order valence-electron chi connectivity index (χ4n) is 5.73. The van der Waals surface area contributed by atoms with Crippen LogP contribution in [-0.4, -0.2) is 57.8 Å². The topological polar surface area (TPSA) is 78.5 Å². The molecule has 1 unspecified atom stereocenters. The molecule has 2 heterocycles. The molecule has 0 aliphatic carbocycles. The molecule has 0 spiro atoms. The van der Waals surface area contributed by atoms with Gasteiger partial charge in [0.25, 0.3) is 5.91 Å². The van der Waals surface area contributed by atoms with Gasteiger partial charge < -0.3 is 19.5 Å². The van der Waals surface area contributed by atoms with E-state index in [9.17, 15) is 9.59 Å². The van der Waals surface area contributed by atoms with Crippen LogP contribution in [0.15, 0.2) is 91.3 Å². The standard InChI is InChI=1S/C34H36Cl2N4O3/c1-25(32-37-18-19-38-32)40(20-15-26-7-9-28(35)10-8-26)33(42)34(23-27-5-3-2-4-6-27)16-21-39(22-17-34)31(41)24-43-30-13-11-29(36)12-14-30/h2-14,18-19,25H,15-17,20-24H2,1H3,(H,37,38). The van der Waals surface area contributed by atoms with Crippen LogP contribution in [0.4, 0.5) is 0 Å². The van der Waals surface area contributed by atoms with E-state index in [2.05, 4.69) is 22.1 Å². The number of imidazole rings is 1. The molecule has 0 saturated carbocycles. The quantitative estimate of drug-likeness (QED) is 0.201. The summed E-state index contributed by atoms with van der Waals surface area (Å²) in [5.41, 5.74) is 1.53. The van der Waals surface area contributed by atoms with Crippen molar-refractivity contribution in [2.24, 2.45) is 5.41 Å². The third-order valence-electron chi connectivity index (χ3n) is 8.29. The molecule has 1 saturated heterocycles. The number of ether oxygens (including phenoxy) is 1. The Bertz CT molecular complexity index is 1470. The van der Waals surface area contributed by atoms with Crippen molar-refractivity contribution in [2.45, 2.75) is 38.6 Å². The van der Waals surface area contributed by atoms with Crippen molar-refractivity contribution in [3.8, 4) is 5.75 Å². The number of piperidine rings is 1. The monoisotopic (exact) mass is 618 g/mol. The van der Waals surface area contributed by atoms with Gasteiger partial charge in [-0.3, -0.25) is 9.59 Å². The van der Waals surface area contributed by atoms with Gasteiger partial charge in [-0.25, -0.2) is 4.98 Å². The second-order valence-electron chi connectivity index (χ2n) is 11.1. The maximum absolute atomic E-state index is 14.8. The molecule has 1 aliphatic heterocycles. The highest BCUT2D eigenvalue weighted by molar-refractivity contribution is 6.30. The number of aromatic nitrogens is 2. The number of H-pyrrole nitrogens is 1. The van der Waals surface area contributed by atoms with Crippen LogP contribution in [0.25, 0.3) is 0 Å². The van der Waals surface area contributed by atoms with Gasteiger partial charge in [0, 0.05) is 42.1 Å². The van der Waals surface area contributed by atoms with E-state index in [0.717, 1.165) is 17.0 Å². The van der Waals surface area contributed by atoms with E-state index in [1.54, 1.807) is 41.6 Å². The van der Waals surface area contributed by atoms with E-state index in [4.69, 9.17) is 27.9 Å². The van der Waals surface area contributed by atoms with Crippen LogP contribution in [0.3, 0.4) is 0 Å². The van der Waals surface area contributed by atoms with Crippen LogP contribution in [-0.2, 0) is 22.4 Å². The first-order valence-corrected chi connectivity index (χ1v) is 15.3. The molecule has 3 aromatic carbocycles. The molecule has 1 N–H and O–H groups in total. The number of halogens is 2. The summed E-state index contributed by atoms with van der Waals surface area (Å²) >= 11 is 12.1. The molecule has 9 heteroatoms. The first-order chi connectivity index (χ1) is 20.8. The van der Waals surface area contributed by atoms with E-state index in [1.165, 1.54) is 0 Å². The van der Waals surface area contributed by atoms with Gasteiger partial charge in [-0.1, -0.05) is 65.7 Å². The molecule has 0 radical (unpaired) electrons. The molecule has 224 valence electrons. The predicted molar refractivity (Wildman–Crippen MR) is 169 cm³/mol. The number of nitrogens with zero attached hydrogens (tertiary/aromatic N) is 3. The Hall–Kier alpha value is -3.81. The maximum atomic E-state index is 14.8. The molecular formula is C34H36Cl2N4O3. The second kappa shape index (κ2) is 14.1. The summed E-state index contributed by atoms with van der Waals surface area (Å²) in [4.78, 5) is 39.3. The zero-order valence-corrected chi connectivity index (χ0v) is 25.7. The van der Waals surface area contributed by atoms with Crippen molar-refractivity contribution in [2.75, 3.05) is 26.2 Å². The Morgan fingerprint density at radius 1 is 0.953 bits per heavy atom. The highest BCUT2D eigenvalue weighted by Gasteiger charge is 2.45. The lowest BCUT2D eigenvalue weighted by molar-refractivity contribution is -0.151. The Morgan fingerprint density at radius 3 is 2.23 bits per heavy atom. The summed E-state index contributed by atoms with van der Waals surface area (Å²) in [5, 5.41) is 1.29. The minimum Gasteiger partial charge on any atom is -0.484 e. The Kier molecular flexibility index (Phi) is 10.1. The molecule has 7 nitrogen and oxygen atoms in total. The Labute approximate surface area is 262 Å². The molecule has 5 rings (SSSR count). The minimum atomic E-state index is -0.671. The lowest BCUT2D eigenvalue weighted by Crippen LogP contribution is -2.53. The highest BCUT2D eigenvalue weighted by atomic mass is 35.5. The largest absolute Gasteiger partial charge is 0.484 e. The minimum absolute atomic E-state index is 0.0655. The number of nitrogens with one attached hydrogen (secondary N) is 1. The molecule has 1 fully saturated rings. The average molecular weight is 620 g/mol. The normalized spacial score (nSPS) is 15.1. The zero-order chi connectivity index (χ0) is 30.2. The van der Waals surface area contributed by atoms with Crippen molar-refractivity contribution >= 4 is 35.0 Å². The van der Waals surface area contributed by atoms with E-state index in [0.29, 0.717) is 61.1 Å². The van der Waals surface area contributed by atoms with Gasteiger partial charge in [-0.15, -0.1) is 0 Å². The maximum Gasteiger partial charge on any atom is 0.260 e. The summed E-state index contributed by atoms with van der Waals surface area (Å²) in [7, 11) is 0. The number of hydrogen-bond donors (Lipinski definition) is 1. The molecule has 1 aliphatic rings. The van der Waals surface area contributed by atoms with Crippen LogP contribution < -0.4 is 4.74 Å². The van der Waals surface area contributed by atoms with E-state index < -0.39 is 5.41 Å². The number of amides is 2. The van der Waals surface area contributed by atoms with Crippen molar-refractivity contribution in [3.05, 3.63) is 118 Å². The third-order valence-corrected chi connectivity index (χ3v) is 8.79. The first-order valence-electron chi connectivity index (χ1n) is 14.6. The van der Waals surface area contributed by atoms with Crippen molar-refractivity contribution in [1.29, 1.82) is 0 Å².